The van der Waals surface area contributed by atoms with Gasteiger partial charge in [0.05, 0.1) is 0 Å². The van der Waals surface area contributed by atoms with Gasteiger partial charge < -0.3 is 19.4 Å². The van der Waals surface area contributed by atoms with Crippen molar-refractivity contribution in [2.45, 2.75) is 19.3 Å². The smallest absolute Gasteiger partial charge is 0.316 e. The molecule has 0 spiro atoms. The first kappa shape index (κ1) is 18.4. The molecule has 1 amide bonds. The SMILES string of the molecule is O=C(COc1ncccn1)N1CCN(c2cc(N3CCCCC3)ncn2)CC1. The van der Waals surface area contributed by atoms with Crippen LogP contribution in [0.25, 0.3) is 0 Å². The van der Waals surface area contributed by atoms with Crippen LogP contribution in [0.1, 0.15) is 19.3 Å². The van der Waals surface area contributed by atoms with E-state index >= 15 is 0 Å². The van der Waals surface area contributed by atoms with Crippen LogP contribution >= 0.6 is 0 Å². The third-order valence-corrected chi connectivity index (χ3v) is 5.14. The second-order valence-corrected chi connectivity index (χ2v) is 6.97. The summed E-state index contributed by atoms with van der Waals surface area (Å²) in [4.78, 5) is 35.5. The Morgan fingerprint density at radius 3 is 2.18 bits per heavy atom. The van der Waals surface area contributed by atoms with Crippen LogP contribution in [0.5, 0.6) is 6.01 Å². The number of carbonyl (C=O) groups is 1. The molecule has 0 N–H and O–H groups in total. The summed E-state index contributed by atoms with van der Waals surface area (Å²) >= 11 is 0. The van der Waals surface area contributed by atoms with Gasteiger partial charge >= 0.3 is 6.01 Å². The molecule has 0 atom stereocenters. The van der Waals surface area contributed by atoms with Gasteiger partial charge in [-0.3, -0.25) is 4.79 Å². The Kier molecular flexibility index (Phi) is 5.79. The normalized spacial score (nSPS) is 17.5. The Bertz CT molecular complexity index is 775. The molecule has 4 heterocycles. The lowest BCUT2D eigenvalue weighted by Gasteiger charge is -2.35. The van der Waals surface area contributed by atoms with Crippen molar-refractivity contribution in [2.24, 2.45) is 0 Å². The summed E-state index contributed by atoms with van der Waals surface area (Å²) in [6.07, 6.45) is 8.55. The van der Waals surface area contributed by atoms with Crippen LogP contribution in [0.4, 0.5) is 11.6 Å². The first-order chi connectivity index (χ1) is 13.8. The Hall–Kier alpha value is -2.97. The summed E-state index contributed by atoms with van der Waals surface area (Å²) in [6, 6.07) is 4.00. The number of hydrogen-bond donors (Lipinski definition) is 0. The highest BCUT2D eigenvalue weighted by atomic mass is 16.5. The lowest BCUT2D eigenvalue weighted by Crippen LogP contribution is -2.50. The number of carbonyl (C=O) groups excluding carboxylic acids is 1. The van der Waals surface area contributed by atoms with Gasteiger partial charge in [-0.2, -0.15) is 0 Å². The van der Waals surface area contributed by atoms with Crippen molar-refractivity contribution in [1.29, 1.82) is 0 Å². The van der Waals surface area contributed by atoms with Gasteiger partial charge in [-0.15, -0.1) is 0 Å². The molecule has 0 bridgehead atoms. The Morgan fingerprint density at radius 2 is 1.50 bits per heavy atom. The average Bonchev–Trinajstić information content (AvgIpc) is 2.79. The number of piperazine rings is 1. The van der Waals surface area contributed by atoms with Gasteiger partial charge in [0.2, 0.25) is 0 Å². The van der Waals surface area contributed by atoms with Crippen LogP contribution in [0.3, 0.4) is 0 Å². The first-order valence-electron chi connectivity index (χ1n) is 9.79. The van der Waals surface area contributed by atoms with Gasteiger partial charge in [0.25, 0.3) is 5.91 Å². The van der Waals surface area contributed by atoms with Crippen LogP contribution in [-0.2, 0) is 4.79 Å². The number of amides is 1. The average molecular weight is 383 g/mol. The van der Waals surface area contributed by atoms with Crippen molar-refractivity contribution in [3.05, 3.63) is 30.9 Å². The van der Waals surface area contributed by atoms with Crippen molar-refractivity contribution in [3.8, 4) is 6.01 Å². The quantitative estimate of drug-likeness (QED) is 0.755. The second-order valence-electron chi connectivity index (χ2n) is 6.97. The van der Waals surface area contributed by atoms with E-state index in [4.69, 9.17) is 4.74 Å². The summed E-state index contributed by atoms with van der Waals surface area (Å²) in [7, 11) is 0. The summed E-state index contributed by atoms with van der Waals surface area (Å²) in [6.45, 7) is 4.83. The monoisotopic (exact) mass is 383 g/mol. The molecule has 9 nitrogen and oxygen atoms in total. The van der Waals surface area contributed by atoms with E-state index < -0.39 is 0 Å². The largest absolute Gasteiger partial charge is 0.453 e. The number of aromatic nitrogens is 4. The van der Waals surface area contributed by atoms with Crippen molar-refractivity contribution >= 4 is 17.5 Å². The van der Waals surface area contributed by atoms with Gasteiger partial charge in [0, 0.05) is 57.7 Å². The maximum Gasteiger partial charge on any atom is 0.316 e. The van der Waals surface area contributed by atoms with Gasteiger partial charge in [-0.1, -0.05) is 0 Å². The molecule has 0 aromatic carbocycles. The number of ether oxygens (including phenoxy) is 1. The van der Waals surface area contributed by atoms with Gasteiger partial charge in [0.15, 0.2) is 6.61 Å². The number of nitrogens with zero attached hydrogens (tertiary/aromatic N) is 7. The fraction of sp³-hybridized carbons (Fsp3) is 0.526. The molecule has 2 aromatic rings. The Labute approximate surface area is 164 Å². The molecule has 0 aliphatic carbocycles. The van der Waals surface area contributed by atoms with E-state index in [2.05, 4.69) is 35.8 Å². The first-order valence-corrected chi connectivity index (χ1v) is 9.79. The summed E-state index contributed by atoms with van der Waals surface area (Å²) in [5.41, 5.74) is 0. The van der Waals surface area contributed by atoms with E-state index in [0.717, 1.165) is 37.8 Å². The number of piperidine rings is 1. The van der Waals surface area contributed by atoms with Crippen LogP contribution in [0.2, 0.25) is 0 Å². The van der Waals surface area contributed by atoms with Gasteiger partial charge in [-0.25, -0.2) is 19.9 Å². The third-order valence-electron chi connectivity index (χ3n) is 5.14. The van der Waals surface area contributed by atoms with Crippen LogP contribution in [0, 0.1) is 0 Å². The summed E-state index contributed by atoms with van der Waals surface area (Å²) in [5, 5.41) is 0. The zero-order valence-corrected chi connectivity index (χ0v) is 15.9. The van der Waals surface area contributed by atoms with E-state index in [0.29, 0.717) is 13.1 Å². The molecule has 0 unspecified atom stereocenters. The zero-order valence-electron chi connectivity index (χ0n) is 15.9. The molecule has 2 aliphatic heterocycles. The molecule has 28 heavy (non-hydrogen) atoms. The zero-order chi connectivity index (χ0) is 19.2. The second kappa shape index (κ2) is 8.81. The van der Waals surface area contributed by atoms with Crippen LogP contribution in [-0.4, -0.2) is 76.6 Å². The molecule has 0 radical (unpaired) electrons. The maximum atomic E-state index is 12.4. The molecule has 2 aliphatic rings. The highest BCUT2D eigenvalue weighted by Crippen LogP contribution is 2.22. The Balaban J connectivity index is 1.29. The molecule has 2 fully saturated rings. The topological polar surface area (TPSA) is 87.6 Å². The lowest BCUT2D eigenvalue weighted by molar-refractivity contribution is -0.133. The minimum absolute atomic E-state index is 0.0450. The highest BCUT2D eigenvalue weighted by molar-refractivity contribution is 5.78. The predicted octanol–water partition coefficient (Wildman–Crippen LogP) is 0.984. The number of hydrogen-bond acceptors (Lipinski definition) is 8. The van der Waals surface area contributed by atoms with Crippen molar-refractivity contribution < 1.29 is 9.53 Å². The van der Waals surface area contributed by atoms with E-state index in [1.54, 1.807) is 24.8 Å². The number of rotatable bonds is 5. The van der Waals surface area contributed by atoms with E-state index in [1.165, 1.54) is 19.3 Å². The fourth-order valence-electron chi connectivity index (χ4n) is 3.57. The van der Waals surface area contributed by atoms with Gasteiger partial charge in [0.1, 0.15) is 18.0 Å². The standard InChI is InChI=1S/C19H25N7O2/c27-18(14-28-19-20-5-4-6-21-19)26-11-9-25(10-12-26)17-13-16(22-15-23-17)24-7-2-1-3-8-24/h4-6,13,15H,1-3,7-12,14H2. The molecule has 9 heteroatoms. The molecule has 148 valence electrons. The van der Waals surface area contributed by atoms with E-state index in [1.807, 2.05) is 4.90 Å². The van der Waals surface area contributed by atoms with E-state index in [9.17, 15) is 4.79 Å². The summed E-state index contributed by atoms with van der Waals surface area (Å²) < 4.78 is 5.36. The van der Waals surface area contributed by atoms with Crippen molar-refractivity contribution in [1.82, 2.24) is 24.8 Å². The molecule has 2 aromatic heterocycles. The molecule has 0 saturated carbocycles. The minimum atomic E-state index is -0.0520. The highest BCUT2D eigenvalue weighted by Gasteiger charge is 2.23. The minimum Gasteiger partial charge on any atom is -0.453 e. The molecular formula is C19H25N7O2. The van der Waals surface area contributed by atoms with Crippen LogP contribution in [0.15, 0.2) is 30.9 Å². The number of anilines is 2. The van der Waals surface area contributed by atoms with Crippen molar-refractivity contribution in [2.75, 3.05) is 55.7 Å². The van der Waals surface area contributed by atoms with Crippen molar-refractivity contribution in [3.63, 3.8) is 0 Å². The molecule has 4 rings (SSSR count). The predicted molar refractivity (Wildman–Crippen MR) is 104 cm³/mol. The third kappa shape index (κ3) is 4.47. The van der Waals surface area contributed by atoms with E-state index in [-0.39, 0.29) is 18.5 Å². The lowest BCUT2D eigenvalue weighted by atomic mass is 10.1. The molecular weight excluding hydrogens is 358 g/mol. The molecule has 2 saturated heterocycles. The fourth-order valence-corrected chi connectivity index (χ4v) is 3.57. The Morgan fingerprint density at radius 1 is 0.857 bits per heavy atom. The maximum absolute atomic E-state index is 12.4. The summed E-state index contributed by atoms with van der Waals surface area (Å²) in [5.74, 6) is 1.87. The van der Waals surface area contributed by atoms with Gasteiger partial charge in [-0.05, 0) is 25.3 Å². The van der Waals surface area contributed by atoms with Crippen LogP contribution < -0.4 is 14.5 Å².